The third-order valence-corrected chi connectivity index (χ3v) is 2.40. The van der Waals surface area contributed by atoms with Gasteiger partial charge in [0.05, 0.1) is 20.1 Å². The van der Waals surface area contributed by atoms with Crippen molar-refractivity contribution in [1.29, 1.82) is 0 Å². The van der Waals surface area contributed by atoms with E-state index in [1.54, 1.807) is 13.2 Å². The average Bonchev–Trinajstić information content (AvgIpc) is 2.36. The van der Waals surface area contributed by atoms with Crippen molar-refractivity contribution in [3.8, 4) is 11.5 Å². The van der Waals surface area contributed by atoms with Crippen molar-refractivity contribution in [2.75, 3.05) is 20.3 Å². The molecule has 1 amide bonds. The van der Waals surface area contributed by atoms with E-state index in [0.717, 1.165) is 0 Å². The van der Waals surface area contributed by atoms with Crippen molar-refractivity contribution >= 4 is 18.3 Å². The zero-order valence-electron chi connectivity index (χ0n) is 12.1. The Labute approximate surface area is 126 Å². The van der Waals surface area contributed by atoms with Gasteiger partial charge in [-0.25, -0.2) is 0 Å². The molecule has 1 rings (SSSR count). The van der Waals surface area contributed by atoms with Crippen molar-refractivity contribution in [2.24, 2.45) is 5.73 Å². The first-order valence-electron chi connectivity index (χ1n) is 6.24. The van der Waals surface area contributed by atoms with E-state index in [-0.39, 0.29) is 24.7 Å². The SMILES string of the molecule is COc1ccccc1OCCC(=O)NCC(C)(C)N.Cl. The van der Waals surface area contributed by atoms with Crippen LogP contribution in [0, 0.1) is 0 Å². The first kappa shape index (κ1) is 18.5. The van der Waals surface area contributed by atoms with Gasteiger partial charge in [-0.05, 0) is 26.0 Å². The predicted molar refractivity (Wildman–Crippen MR) is 81.6 cm³/mol. The van der Waals surface area contributed by atoms with E-state index >= 15 is 0 Å². The topological polar surface area (TPSA) is 73.6 Å². The molecule has 0 aliphatic carbocycles. The third kappa shape index (κ3) is 7.21. The first-order chi connectivity index (χ1) is 8.92. The third-order valence-electron chi connectivity index (χ3n) is 2.40. The molecule has 114 valence electrons. The summed E-state index contributed by atoms with van der Waals surface area (Å²) in [4.78, 5) is 11.6. The van der Waals surface area contributed by atoms with Crippen molar-refractivity contribution < 1.29 is 14.3 Å². The molecule has 0 saturated carbocycles. The molecule has 0 atom stereocenters. The minimum absolute atomic E-state index is 0. The summed E-state index contributed by atoms with van der Waals surface area (Å²) in [7, 11) is 1.58. The number of hydrogen-bond donors (Lipinski definition) is 2. The van der Waals surface area contributed by atoms with Gasteiger partial charge >= 0.3 is 0 Å². The smallest absolute Gasteiger partial charge is 0.223 e. The summed E-state index contributed by atoms with van der Waals surface area (Å²) in [5, 5.41) is 2.76. The largest absolute Gasteiger partial charge is 0.493 e. The second-order valence-corrected chi connectivity index (χ2v) is 5.01. The number of methoxy groups -OCH3 is 1. The van der Waals surface area contributed by atoms with E-state index < -0.39 is 5.54 Å². The van der Waals surface area contributed by atoms with Crippen LogP contribution in [-0.4, -0.2) is 31.7 Å². The summed E-state index contributed by atoms with van der Waals surface area (Å²) in [6.45, 7) is 4.47. The van der Waals surface area contributed by atoms with Gasteiger partial charge in [0.1, 0.15) is 0 Å². The van der Waals surface area contributed by atoms with Crippen LogP contribution < -0.4 is 20.5 Å². The summed E-state index contributed by atoms with van der Waals surface area (Å²) < 4.78 is 10.7. The summed E-state index contributed by atoms with van der Waals surface area (Å²) in [6, 6.07) is 7.34. The molecule has 0 heterocycles. The maximum absolute atomic E-state index is 11.6. The van der Waals surface area contributed by atoms with E-state index in [4.69, 9.17) is 15.2 Å². The van der Waals surface area contributed by atoms with Crippen LogP contribution in [0.4, 0.5) is 0 Å². The number of para-hydroxylation sites is 2. The molecule has 1 aromatic carbocycles. The number of rotatable bonds is 7. The highest BCUT2D eigenvalue weighted by atomic mass is 35.5. The molecule has 0 aromatic heterocycles. The fourth-order valence-electron chi connectivity index (χ4n) is 1.41. The van der Waals surface area contributed by atoms with Gasteiger partial charge in [-0.2, -0.15) is 0 Å². The molecule has 0 bridgehead atoms. The first-order valence-corrected chi connectivity index (χ1v) is 6.24. The standard InChI is InChI=1S/C14H22N2O3.ClH/c1-14(2,15)10-16-13(17)8-9-19-12-7-5-4-6-11(12)18-3;/h4-7H,8-10,15H2,1-3H3,(H,16,17);1H. The van der Waals surface area contributed by atoms with Crippen LogP contribution in [0.2, 0.25) is 0 Å². The molecule has 0 saturated heterocycles. The highest BCUT2D eigenvalue weighted by Crippen LogP contribution is 2.25. The summed E-state index contributed by atoms with van der Waals surface area (Å²) in [5.41, 5.74) is 5.38. The van der Waals surface area contributed by atoms with Crippen LogP contribution in [-0.2, 0) is 4.79 Å². The monoisotopic (exact) mass is 302 g/mol. The molecule has 0 spiro atoms. The molecule has 0 aliphatic heterocycles. The van der Waals surface area contributed by atoms with Crippen molar-refractivity contribution in [3.63, 3.8) is 0 Å². The number of halogens is 1. The maximum atomic E-state index is 11.6. The molecular weight excluding hydrogens is 280 g/mol. The van der Waals surface area contributed by atoms with Crippen LogP contribution >= 0.6 is 12.4 Å². The Hall–Kier alpha value is -1.46. The molecule has 5 nitrogen and oxygen atoms in total. The van der Waals surface area contributed by atoms with Crippen LogP contribution in [0.25, 0.3) is 0 Å². The zero-order valence-corrected chi connectivity index (χ0v) is 13.0. The van der Waals surface area contributed by atoms with Crippen LogP contribution in [0.1, 0.15) is 20.3 Å². The number of nitrogens with two attached hydrogens (primary N) is 1. The van der Waals surface area contributed by atoms with E-state index in [1.165, 1.54) is 0 Å². The highest BCUT2D eigenvalue weighted by molar-refractivity contribution is 5.85. The lowest BCUT2D eigenvalue weighted by atomic mass is 10.1. The van der Waals surface area contributed by atoms with Crippen LogP contribution in [0.5, 0.6) is 11.5 Å². The molecule has 0 radical (unpaired) electrons. The van der Waals surface area contributed by atoms with Gasteiger partial charge in [0.2, 0.25) is 5.91 Å². The highest BCUT2D eigenvalue weighted by Gasteiger charge is 2.12. The molecule has 3 N–H and O–H groups in total. The number of amides is 1. The van der Waals surface area contributed by atoms with E-state index in [9.17, 15) is 4.79 Å². The van der Waals surface area contributed by atoms with Gasteiger partial charge in [0, 0.05) is 12.1 Å². The Morgan fingerprint density at radius 1 is 1.30 bits per heavy atom. The molecule has 1 aromatic rings. The lowest BCUT2D eigenvalue weighted by molar-refractivity contribution is -0.121. The lowest BCUT2D eigenvalue weighted by Crippen LogP contribution is -2.45. The summed E-state index contributed by atoms with van der Waals surface area (Å²) in [5.74, 6) is 1.22. The molecule has 0 unspecified atom stereocenters. The molecule has 20 heavy (non-hydrogen) atoms. The average molecular weight is 303 g/mol. The number of ether oxygens (including phenoxy) is 2. The van der Waals surface area contributed by atoms with Gasteiger partial charge in [-0.3, -0.25) is 4.79 Å². The van der Waals surface area contributed by atoms with Crippen molar-refractivity contribution in [2.45, 2.75) is 25.8 Å². The number of benzene rings is 1. The number of hydrogen-bond acceptors (Lipinski definition) is 4. The van der Waals surface area contributed by atoms with Crippen molar-refractivity contribution in [3.05, 3.63) is 24.3 Å². The number of carbonyl (C=O) groups excluding carboxylic acids is 1. The van der Waals surface area contributed by atoms with Crippen LogP contribution in [0.15, 0.2) is 24.3 Å². The Bertz CT molecular complexity index is 419. The predicted octanol–water partition coefficient (Wildman–Crippen LogP) is 1.74. The van der Waals surface area contributed by atoms with Gasteiger partial charge in [0.15, 0.2) is 11.5 Å². The normalized spacial score (nSPS) is 10.4. The van der Waals surface area contributed by atoms with Gasteiger partial charge < -0.3 is 20.5 Å². The van der Waals surface area contributed by atoms with Crippen LogP contribution in [0.3, 0.4) is 0 Å². The number of nitrogens with one attached hydrogen (secondary N) is 1. The van der Waals surface area contributed by atoms with Gasteiger partial charge in [0.25, 0.3) is 0 Å². The molecule has 6 heteroatoms. The quantitative estimate of drug-likeness (QED) is 0.804. The second kappa shape index (κ2) is 8.66. The second-order valence-electron chi connectivity index (χ2n) is 5.01. The molecule has 0 aliphatic rings. The maximum Gasteiger partial charge on any atom is 0.223 e. The minimum atomic E-state index is -0.404. The Kier molecular flexibility index (Phi) is 8.03. The Morgan fingerprint density at radius 3 is 2.45 bits per heavy atom. The Morgan fingerprint density at radius 2 is 1.90 bits per heavy atom. The fraction of sp³-hybridized carbons (Fsp3) is 0.500. The number of carbonyl (C=O) groups is 1. The minimum Gasteiger partial charge on any atom is -0.493 e. The van der Waals surface area contributed by atoms with Gasteiger partial charge in [-0.15, -0.1) is 12.4 Å². The van der Waals surface area contributed by atoms with E-state index in [0.29, 0.717) is 24.7 Å². The van der Waals surface area contributed by atoms with Gasteiger partial charge in [-0.1, -0.05) is 12.1 Å². The molecule has 0 fully saturated rings. The van der Waals surface area contributed by atoms with E-state index in [2.05, 4.69) is 5.32 Å². The molecular formula is C14H23ClN2O3. The zero-order chi connectivity index (χ0) is 14.3. The summed E-state index contributed by atoms with van der Waals surface area (Å²) >= 11 is 0. The van der Waals surface area contributed by atoms with E-state index in [1.807, 2.05) is 32.0 Å². The lowest BCUT2D eigenvalue weighted by Gasteiger charge is -2.18. The fourth-order valence-corrected chi connectivity index (χ4v) is 1.41. The Balaban J connectivity index is 0.00000361. The van der Waals surface area contributed by atoms with Crippen molar-refractivity contribution in [1.82, 2.24) is 5.32 Å². The summed E-state index contributed by atoms with van der Waals surface area (Å²) in [6.07, 6.45) is 0.286.